The first kappa shape index (κ1) is 37.4. The molecule has 0 saturated heterocycles. The number of rotatable bonds is 14. The fraction of sp³-hybridized carbons (Fsp3) is 0.0556. The summed E-state index contributed by atoms with van der Waals surface area (Å²) in [6.07, 6.45) is 0.754. The molecule has 0 aliphatic carbocycles. The first-order valence-corrected chi connectivity index (χ1v) is 20.8. The van der Waals surface area contributed by atoms with Gasteiger partial charge in [-0.1, -0.05) is 140 Å². The van der Waals surface area contributed by atoms with E-state index < -0.39 is 0 Å². The number of ether oxygens (including phenoxy) is 2. The van der Waals surface area contributed by atoms with Crippen molar-refractivity contribution in [1.82, 2.24) is 4.98 Å². The molecule has 0 radical (unpaired) electrons. The smallest absolute Gasteiger partial charge is 0.124 e. The van der Waals surface area contributed by atoms with Gasteiger partial charge in [0, 0.05) is 29.0 Å². The van der Waals surface area contributed by atoms with Gasteiger partial charge in [0.1, 0.15) is 16.5 Å². The molecule has 0 aliphatic heterocycles. The zero-order chi connectivity index (χ0) is 39.6. The molecule has 9 aromatic rings. The molecule has 0 atom stereocenters. The number of nitrogens with zero attached hydrogens (tertiary/aromatic N) is 2. The van der Waals surface area contributed by atoms with Gasteiger partial charge in [-0.2, -0.15) is 0 Å². The Kier molecular flexibility index (Phi) is 11.4. The quantitative estimate of drug-likeness (QED) is 0.0813. The molecule has 1 aromatic heterocycles. The van der Waals surface area contributed by atoms with Crippen molar-refractivity contribution in [3.05, 3.63) is 241 Å². The van der Waals surface area contributed by atoms with Gasteiger partial charge in [0.2, 0.25) is 0 Å². The van der Waals surface area contributed by atoms with E-state index in [9.17, 15) is 0 Å². The number of aromatic nitrogens is 1. The third kappa shape index (κ3) is 8.71. The summed E-state index contributed by atoms with van der Waals surface area (Å²) in [5.74, 6) is 1.67. The number of thiazole rings is 1. The molecular weight excluding hydrogens is 741 g/mol. The molecule has 59 heavy (non-hydrogen) atoms. The molecule has 286 valence electrons. The van der Waals surface area contributed by atoms with Crippen LogP contribution < -0.4 is 14.4 Å². The topological polar surface area (TPSA) is 34.6 Å². The molecule has 4 nitrogen and oxygen atoms in total. The molecule has 0 aliphatic rings. The maximum Gasteiger partial charge on any atom is 0.124 e. The van der Waals surface area contributed by atoms with Gasteiger partial charge in [0.15, 0.2) is 0 Å². The predicted molar refractivity (Wildman–Crippen MR) is 246 cm³/mol. The molecule has 0 unspecified atom stereocenters. The zero-order valence-electron chi connectivity index (χ0n) is 32.5. The van der Waals surface area contributed by atoms with Crippen LogP contribution in [0.4, 0.5) is 17.1 Å². The van der Waals surface area contributed by atoms with Crippen LogP contribution in [0.3, 0.4) is 0 Å². The van der Waals surface area contributed by atoms with Crippen LogP contribution in [0.5, 0.6) is 11.5 Å². The normalized spacial score (nSPS) is 10.9. The lowest BCUT2D eigenvalue weighted by Gasteiger charge is -2.25. The monoisotopic (exact) mass is 782 g/mol. The van der Waals surface area contributed by atoms with Crippen LogP contribution in [0.25, 0.3) is 31.9 Å². The van der Waals surface area contributed by atoms with E-state index in [0.717, 1.165) is 66.9 Å². The second-order valence-electron chi connectivity index (χ2n) is 14.1. The van der Waals surface area contributed by atoms with E-state index in [-0.39, 0.29) is 0 Å². The number of hydrogen-bond donors (Lipinski definition) is 0. The molecule has 0 spiro atoms. The van der Waals surface area contributed by atoms with Crippen LogP contribution in [0, 0.1) is 0 Å². The van der Waals surface area contributed by atoms with E-state index in [2.05, 4.69) is 199 Å². The van der Waals surface area contributed by atoms with Gasteiger partial charge in [0.05, 0.1) is 23.4 Å². The molecule has 1 heterocycles. The van der Waals surface area contributed by atoms with Crippen molar-refractivity contribution in [1.29, 1.82) is 0 Å². The largest absolute Gasteiger partial charge is 0.493 e. The molecule has 0 fully saturated rings. The molecule has 0 N–H and O–H groups in total. The summed E-state index contributed by atoms with van der Waals surface area (Å²) in [5, 5.41) is 0.983. The average molecular weight is 783 g/mol. The van der Waals surface area contributed by atoms with Gasteiger partial charge in [-0.25, -0.2) is 4.98 Å². The van der Waals surface area contributed by atoms with Crippen LogP contribution in [-0.4, -0.2) is 18.2 Å². The lowest BCUT2D eigenvalue weighted by molar-refractivity contribution is 0.247. The Hall–Kier alpha value is -7.21. The van der Waals surface area contributed by atoms with Gasteiger partial charge in [-0.3, -0.25) is 0 Å². The lowest BCUT2D eigenvalue weighted by atomic mass is 9.86. The minimum absolute atomic E-state index is 0.550. The highest BCUT2D eigenvalue weighted by Gasteiger charge is 2.17. The van der Waals surface area contributed by atoms with Crippen LogP contribution in [0.15, 0.2) is 218 Å². The molecule has 5 heteroatoms. The van der Waals surface area contributed by atoms with Crippen LogP contribution in [0.1, 0.15) is 28.7 Å². The summed E-state index contributed by atoms with van der Waals surface area (Å²) in [7, 11) is 0. The Morgan fingerprint density at radius 2 is 0.847 bits per heavy atom. The standard InChI is InChI=1S/C54H42N2O2S/c1-6-17-40(18-7-1)52(41-19-8-2-9-20-41)53(42-21-10-3-11-22-42)43-29-33-48(34-30-43)57-37-16-38-58-49-35-36-50-51(39-49)59-54(55-50)44-27-31-47(32-28-44)56(45-23-12-4-13-24-45)46-25-14-5-15-26-46/h1-15,17-36,39H,16,37-38H2. The number of benzene rings is 8. The predicted octanol–water partition coefficient (Wildman–Crippen LogP) is 14.3. The first-order chi connectivity index (χ1) is 29.3. The van der Waals surface area contributed by atoms with E-state index >= 15 is 0 Å². The SMILES string of the molecule is c1ccc(C(=C(c2ccccc2)c2ccc(OCCCOc3ccc4nc(-c5ccc(N(c6ccccc6)c6ccccc6)cc5)sc4c3)cc2)c2ccccc2)cc1. The third-order valence-corrected chi connectivity index (χ3v) is 11.2. The van der Waals surface area contributed by atoms with Gasteiger partial charge in [0.25, 0.3) is 0 Å². The Labute approximate surface area is 349 Å². The summed E-state index contributed by atoms with van der Waals surface area (Å²) in [6.45, 7) is 1.10. The summed E-state index contributed by atoms with van der Waals surface area (Å²) < 4.78 is 13.5. The Morgan fingerprint density at radius 3 is 1.36 bits per heavy atom. The third-order valence-electron chi connectivity index (χ3n) is 10.2. The fourth-order valence-corrected chi connectivity index (χ4v) is 8.35. The molecule has 0 bridgehead atoms. The van der Waals surface area contributed by atoms with E-state index in [1.54, 1.807) is 11.3 Å². The molecule has 9 rings (SSSR count). The fourth-order valence-electron chi connectivity index (χ4n) is 7.35. The van der Waals surface area contributed by atoms with Crippen LogP contribution in [-0.2, 0) is 0 Å². The lowest BCUT2D eigenvalue weighted by Crippen LogP contribution is -2.09. The van der Waals surface area contributed by atoms with Gasteiger partial charge >= 0.3 is 0 Å². The van der Waals surface area contributed by atoms with Crippen molar-refractivity contribution in [2.45, 2.75) is 6.42 Å². The van der Waals surface area contributed by atoms with E-state index in [4.69, 9.17) is 14.5 Å². The molecular formula is C54H42N2O2S. The van der Waals surface area contributed by atoms with Gasteiger partial charge in [-0.15, -0.1) is 11.3 Å². The number of hydrogen-bond acceptors (Lipinski definition) is 5. The Bertz CT molecular complexity index is 2670. The van der Waals surface area contributed by atoms with Gasteiger partial charge < -0.3 is 14.4 Å². The van der Waals surface area contributed by atoms with Crippen molar-refractivity contribution in [3.63, 3.8) is 0 Å². The Morgan fingerprint density at radius 1 is 0.424 bits per heavy atom. The molecule has 0 saturated carbocycles. The van der Waals surface area contributed by atoms with Crippen LogP contribution >= 0.6 is 11.3 Å². The number of para-hydroxylation sites is 2. The van der Waals surface area contributed by atoms with Crippen molar-refractivity contribution in [2.24, 2.45) is 0 Å². The highest BCUT2D eigenvalue weighted by atomic mass is 32.1. The highest BCUT2D eigenvalue weighted by Crippen LogP contribution is 2.39. The number of fused-ring (bicyclic) bond motifs is 1. The maximum atomic E-state index is 6.20. The average Bonchev–Trinajstić information content (AvgIpc) is 3.74. The van der Waals surface area contributed by atoms with Crippen molar-refractivity contribution in [3.8, 4) is 22.1 Å². The summed E-state index contributed by atoms with van der Waals surface area (Å²) in [4.78, 5) is 7.22. The summed E-state index contributed by atoms with van der Waals surface area (Å²) in [6, 6.07) is 76.0. The maximum absolute atomic E-state index is 6.20. The summed E-state index contributed by atoms with van der Waals surface area (Å²) >= 11 is 1.68. The van der Waals surface area contributed by atoms with Crippen molar-refractivity contribution < 1.29 is 9.47 Å². The second-order valence-corrected chi connectivity index (χ2v) is 15.2. The number of anilines is 3. The van der Waals surface area contributed by atoms with Crippen molar-refractivity contribution in [2.75, 3.05) is 18.1 Å². The molecule has 8 aromatic carbocycles. The minimum Gasteiger partial charge on any atom is -0.493 e. The highest BCUT2D eigenvalue weighted by molar-refractivity contribution is 7.21. The molecule has 0 amide bonds. The van der Waals surface area contributed by atoms with Crippen LogP contribution in [0.2, 0.25) is 0 Å². The van der Waals surface area contributed by atoms with Gasteiger partial charge in [-0.05, 0) is 112 Å². The summed E-state index contributed by atoms with van der Waals surface area (Å²) in [5.41, 5.74) is 12.4. The zero-order valence-corrected chi connectivity index (χ0v) is 33.3. The first-order valence-electron chi connectivity index (χ1n) is 19.9. The van der Waals surface area contributed by atoms with E-state index in [1.807, 2.05) is 24.3 Å². The van der Waals surface area contributed by atoms with E-state index in [0.29, 0.717) is 13.2 Å². The Balaban J connectivity index is 0.844. The minimum atomic E-state index is 0.550. The van der Waals surface area contributed by atoms with E-state index in [1.165, 1.54) is 22.3 Å². The van der Waals surface area contributed by atoms with Crippen molar-refractivity contribution >= 4 is 49.8 Å². The second kappa shape index (κ2) is 17.9.